The van der Waals surface area contributed by atoms with Gasteiger partial charge in [-0.25, -0.2) is 0 Å². The van der Waals surface area contributed by atoms with Crippen LogP contribution in [0.15, 0.2) is 36.4 Å². The number of hydrogen-bond acceptors (Lipinski definition) is 3. The van der Waals surface area contributed by atoms with Gasteiger partial charge >= 0.3 is 0 Å². The highest BCUT2D eigenvalue weighted by atomic mass is 16.3. The summed E-state index contributed by atoms with van der Waals surface area (Å²) < 4.78 is 0. The summed E-state index contributed by atoms with van der Waals surface area (Å²) in [6.07, 6.45) is 0.738. The summed E-state index contributed by atoms with van der Waals surface area (Å²) in [6.45, 7) is 28.6. The molecule has 2 aromatic rings. The average Bonchev–Trinajstić information content (AvgIpc) is 2.80. The fraction of sp³-hybridized carbons (Fsp3) is 0.611. The molecular weight excluding hydrogens is 508 g/mol. The van der Waals surface area contributed by atoms with E-state index < -0.39 is 6.10 Å². The van der Waals surface area contributed by atoms with E-state index in [1.165, 1.54) is 0 Å². The van der Waals surface area contributed by atoms with Crippen LogP contribution in [0.1, 0.15) is 146 Å². The summed E-state index contributed by atoms with van der Waals surface area (Å²) in [4.78, 5) is 26.5. The largest absolute Gasteiger partial charge is 0.393 e. The van der Waals surface area contributed by atoms with Crippen molar-refractivity contribution in [3.63, 3.8) is 0 Å². The van der Waals surface area contributed by atoms with Gasteiger partial charge in [-0.3, -0.25) is 9.59 Å². The molecule has 0 radical (unpaired) electrons. The molecule has 0 saturated carbocycles. The second-order valence-electron chi connectivity index (χ2n) is 15.0. The molecule has 5 heteroatoms. The van der Waals surface area contributed by atoms with Gasteiger partial charge in [-0.15, -0.1) is 0 Å². The van der Waals surface area contributed by atoms with Crippen molar-refractivity contribution in [2.75, 3.05) is 0 Å². The zero-order valence-corrected chi connectivity index (χ0v) is 28.4. The summed E-state index contributed by atoms with van der Waals surface area (Å²) >= 11 is 0. The van der Waals surface area contributed by atoms with Crippen LogP contribution >= 0.6 is 0 Å². The third kappa shape index (κ3) is 12.0. The van der Waals surface area contributed by atoms with Gasteiger partial charge < -0.3 is 15.7 Å². The number of rotatable bonds is 7. The van der Waals surface area contributed by atoms with Gasteiger partial charge in [0.05, 0.1) is 6.10 Å². The lowest BCUT2D eigenvalue weighted by molar-refractivity contribution is 0.0907. The van der Waals surface area contributed by atoms with Crippen molar-refractivity contribution < 1.29 is 14.7 Å². The minimum Gasteiger partial charge on any atom is -0.393 e. The molecule has 0 bridgehead atoms. The Balaban J connectivity index is 0.00000411. The van der Waals surface area contributed by atoms with Gasteiger partial charge in [0.25, 0.3) is 11.8 Å². The molecule has 0 aliphatic carbocycles. The second-order valence-corrected chi connectivity index (χ2v) is 15.0. The zero-order valence-electron chi connectivity index (χ0n) is 28.4. The number of aliphatic hydroxyl groups excluding tert-OH is 1. The predicted molar refractivity (Wildman–Crippen MR) is 174 cm³/mol. The lowest BCUT2D eigenvalue weighted by atomic mass is 9.83. The molecule has 230 valence electrons. The SMILES string of the molecule is CC.CC(C)(C)NC(=O)c1cc(C(C)(C)C)ccc1CCC(O)Cc1ccc(C(C)(C)C)cc1C(=O)NC(C)(C)C. The first-order valence-electron chi connectivity index (χ1n) is 15.2. The van der Waals surface area contributed by atoms with Crippen LogP contribution in [0.2, 0.25) is 0 Å². The van der Waals surface area contributed by atoms with E-state index in [2.05, 4.69) is 64.3 Å². The molecule has 0 saturated heterocycles. The molecule has 0 aliphatic rings. The minimum absolute atomic E-state index is 0.0853. The molecule has 2 rings (SSSR count). The van der Waals surface area contributed by atoms with Gasteiger partial charge in [0, 0.05) is 22.2 Å². The molecule has 0 heterocycles. The van der Waals surface area contributed by atoms with E-state index in [0.717, 1.165) is 22.3 Å². The van der Waals surface area contributed by atoms with E-state index in [0.29, 0.717) is 30.4 Å². The Morgan fingerprint density at radius 2 is 1.02 bits per heavy atom. The molecule has 3 N–H and O–H groups in total. The molecule has 0 aliphatic heterocycles. The van der Waals surface area contributed by atoms with Crippen LogP contribution in [0, 0.1) is 0 Å². The van der Waals surface area contributed by atoms with E-state index >= 15 is 0 Å². The highest BCUT2D eigenvalue weighted by molar-refractivity contribution is 5.97. The average molecular weight is 567 g/mol. The van der Waals surface area contributed by atoms with Crippen LogP contribution in [-0.2, 0) is 23.7 Å². The van der Waals surface area contributed by atoms with E-state index in [4.69, 9.17) is 0 Å². The van der Waals surface area contributed by atoms with Crippen LogP contribution in [0.4, 0.5) is 0 Å². The minimum atomic E-state index is -0.660. The smallest absolute Gasteiger partial charge is 0.251 e. The van der Waals surface area contributed by atoms with E-state index in [-0.39, 0.29) is 33.7 Å². The number of aliphatic hydroxyl groups is 1. The van der Waals surface area contributed by atoms with Crippen LogP contribution < -0.4 is 10.6 Å². The summed E-state index contributed by atoms with van der Waals surface area (Å²) in [5.41, 5.74) is 4.27. The van der Waals surface area contributed by atoms with Crippen molar-refractivity contribution >= 4 is 11.8 Å². The van der Waals surface area contributed by atoms with E-state index in [1.807, 2.05) is 79.7 Å². The lowest BCUT2D eigenvalue weighted by Crippen LogP contribution is -2.41. The number of carbonyl (C=O) groups is 2. The summed E-state index contributed by atoms with van der Waals surface area (Å²) in [5.74, 6) is -0.230. The molecule has 0 spiro atoms. The Labute approximate surface area is 250 Å². The first-order chi connectivity index (χ1) is 18.6. The fourth-order valence-electron chi connectivity index (χ4n) is 4.40. The maximum absolute atomic E-state index is 13.2. The van der Waals surface area contributed by atoms with Crippen molar-refractivity contribution in [3.05, 3.63) is 69.8 Å². The zero-order chi connectivity index (χ0) is 32.0. The molecule has 0 aromatic heterocycles. The molecule has 2 amide bonds. The first kappa shape index (κ1) is 36.4. The summed E-state index contributed by atoms with van der Waals surface area (Å²) in [7, 11) is 0. The Kier molecular flexibility index (Phi) is 12.4. The van der Waals surface area contributed by atoms with Gasteiger partial charge in [0.15, 0.2) is 0 Å². The highest BCUT2D eigenvalue weighted by Crippen LogP contribution is 2.28. The van der Waals surface area contributed by atoms with Crippen molar-refractivity contribution in [1.82, 2.24) is 10.6 Å². The molecule has 1 atom stereocenters. The van der Waals surface area contributed by atoms with Gasteiger partial charge in [-0.1, -0.05) is 79.7 Å². The standard InChI is InChI=1S/C34H52N2O3.C2H6/c1-31(2,3)24-16-13-22(27(20-24)29(38)35-33(7,8)9)15-18-26(37)19-23-14-17-25(32(4,5)6)21-28(23)30(39)36-34(10,11)12;1-2/h13-14,16-17,20-21,26,37H,15,18-19H2,1-12H3,(H,35,38)(H,36,39);1-2H3. The Hall–Kier alpha value is -2.66. The number of carbonyl (C=O) groups excluding carboxylic acids is 2. The lowest BCUT2D eigenvalue weighted by Gasteiger charge is -2.25. The molecular formula is C36H58N2O3. The first-order valence-corrected chi connectivity index (χ1v) is 15.2. The van der Waals surface area contributed by atoms with Gasteiger partial charge in [0.1, 0.15) is 0 Å². The maximum atomic E-state index is 13.2. The molecule has 5 nitrogen and oxygen atoms in total. The third-order valence-corrected chi connectivity index (χ3v) is 6.62. The van der Waals surface area contributed by atoms with E-state index in [1.54, 1.807) is 0 Å². The van der Waals surface area contributed by atoms with Crippen molar-refractivity contribution in [2.24, 2.45) is 0 Å². The van der Waals surface area contributed by atoms with Crippen molar-refractivity contribution in [2.45, 2.75) is 144 Å². The molecule has 1 unspecified atom stereocenters. The van der Waals surface area contributed by atoms with Crippen molar-refractivity contribution in [1.29, 1.82) is 0 Å². The molecule has 0 fully saturated rings. The number of aryl methyl sites for hydroxylation is 1. The maximum Gasteiger partial charge on any atom is 0.251 e. The normalized spacial score (nSPS) is 13.1. The van der Waals surface area contributed by atoms with Crippen LogP contribution in [-0.4, -0.2) is 34.1 Å². The fourth-order valence-corrected chi connectivity index (χ4v) is 4.40. The van der Waals surface area contributed by atoms with Gasteiger partial charge in [-0.2, -0.15) is 0 Å². The predicted octanol–water partition coefficient (Wildman–Crippen LogP) is 7.90. The van der Waals surface area contributed by atoms with Crippen molar-refractivity contribution in [3.8, 4) is 0 Å². The van der Waals surface area contributed by atoms with Gasteiger partial charge in [0.2, 0.25) is 0 Å². The monoisotopic (exact) mass is 566 g/mol. The van der Waals surface area contributed by atoms with Crippen LogP contribution in [0.25, 0.3) is 0 Å². The van der Waals surface area contributed by atoms with E-state index in [9.17, 15) is 14.7 Å². The second kappa shape index (κ2) is 14.0. The Bertz CT molecular complexity index is 1170. The Morgan fingerprint density at radius 3 is 1.39 bits per heavy atom. The topological polar surface area (TPSA) is 78.4 Å². The number of amides is 2. The highest BCUT2D eigenvalue weighted by Gasteiger charge is 2.24. The van der Waals surface area contributed by atoms with Crippen LogP contribution in [0.3, 0.4) is 0 Å². The Morgan fingerprint density at radius 1 is 0.659 bits per heavy atom. The summed E-state index contributed by atoms with van der Waals surface area (Å²) in [5, 5.41) is 17.3. The summed E-state index contributed by atoms with van der Waals surface area (Å²) in [6, 6.07) is 12.1. The number of hydrogen-bond donors (Lipinski definition) is 3. The number of benzene rings is 2. The number of nitrogens with one attached hydrogen (secondary N) is 2. The molecule has 41 heavy (non-hydrogen) atoms. The molecule has 2 aromatic carbocycles. The quantitative estimate of drug-likeness (QED) is 0.319. The third-order valence-electron chi connectivity index (χ3n) is 6.62. The van der Waals surface area contributed by atoms with Gasteiger partial charge in [-0.05, 0) is 106 Å². The van der Waals surface area contributed by atoms with Crippen LogP contribution in [0.5, 0.6) is 0 Å².